The van der Waals surface area contributed by atoms with Crippen molar-refractivity contribution in [2.75, 3.05) is 6.54 Å². The van der Waals surface area contributed by atoms with Gasteiger partial charge in [-0.1, -0.05) is 18.2 Å². The smallest absolute Gasteiger partial charge is 0.336 e. The van der Waals surface area contributed by atoms with Crippen LogP contribution in [0.15, 0.2) is 24.3 Å². The Labute approximate surface area is 87.7 Å². The molecule has 15 heavy (non-hydrogen) atoms. The summed E-state index contributed by atoms with van der Waals surface area (Å²) < 4.78 is 0. The summed E-state index contributed by atoms with van der Waals surface area (Å²) in [5.41, 5.74) is 5.48. The van der Waals surface area contributed by atoms with Crippen molar-refractivity contribution in [3.63, 3.8) is 0 Å². The highest BCUT2D eigenvalue weighted by Crippen LogP contribution is 2.11. The molecule has 1 radical (unpaired) electrons. The Balaban J connectivity index is 2.92. The molecule has 4 heteroatoms. The lowest BCUT2D eigenvalue weighted by atomic mass is 10.0. The second kappa shape index (κ2) is 5.26. The minimum absolute atomic E-state index is 0.0239. The van der Waals surface area contributed by atoms with Crippen molar-refractivity contribution in [3.05, 3.63) is 41.8 Å². The van der Waals surface area contributed by atoms with Gasteiger partial charge in [-0.15, -0.1) is 0 Å². The van der Waals surface area contributed by atoms with E-state index in [9.17, 15) is 9.59 Å². The molecule has 0 aliphatic rings. The van der Waals surface area contributed by atoms with Gasteiger partial charge in [-0.25, -0.2) is 4.79 Å². The summed E-state index contributed by atoms with van der Waals surface area (Å²) >= 11 is 0. The molecule has 0 saturated heterocycles. The summed E-state index contributed by atoms with van der Waals surface area (Å²) in [7, 11) is 0. The standard InChI is InChI=1S/C11H12NO3/c12-7-3-6-10(13)8-4-1-2-5-9(8)11(14)15/h1-2,4-6H,3,7,12H2,(H,14,15). The molecule has 0 saturated carbocycles. The highest BCUT2D eigenvalue weighted by molar-refractivity contribution is 6.09. The van der Waals surface area contributed by atoms with Crippen LogP contribution in [-0.2, 0) is 0 Å². The SMILES string of the molecule is NCC[CH]C(=O)c1ccccc1C(=O)O. The highest BCUT2D eigenvalue weighted by Gasteiger charge is 2.14. The fourth-order valence-electron chi connectivity index (χ4n) is 1.21. The maximum Gasteiger partial charge on any atom is 0.336 e. The molecule has 0 aromatic heterocycles. The van der Waals surface area contributed by atoms with Crippen LogP contribution in [0.1, 0.15) is 27.1 Å². The zero-order chi connectivity index (χ0) is 11.3. The van der Waals surface area contributed by atoms with E-state index in [1.54, 1.807) is 12.1 Å². The minimum Gasteiger partial charge on any atom is -0.478 e. The zero-order valence-corrected chi connectivity index (χ0v) is 8.14. The van der Waals surface area contributed by atoms with Crippen LogP contribution >= 0.6 is 0 Å². The number of rotatable bonds is 5. The quantitative estimate of drug-likeness (QED) is 0.707. The zero-order valence-electron chi connectivity index (χ0n) is 8.14. The van der Waals surface area contributed by atoms with E-state index in [0.29, 0.717) is 13.0 Å². The van der Waals surface area contributed by atoms with E-state index >= 15 is 0 Å². The van der Waals surface area contributed by atoms with Crippen LogP contribution in [0.4, 0.5) is 0 Å². The van der Waals surface area contributed by atoms with Crippen molar-refractivity contribution in [1.82, 2.24) is 0 Å². The van der Waals surface area contributed by atoms with Crippen molar-refractivity contribution in [2.45, 2.75) is 6.42 Å². The van der Waals surface area contributed by atoms with E-state index in [1.807, 2.05) is 0 Å². The van der Waals surface area contributed by atoms with E-state index in [4.69, 9.17) is 10.8 Å². The van der Waals surface area contributed by atoms with Gasteiger partial charge in [0.15, 0.2) is 5.78 Å². The lowest BCUT2D eigenvalue weighted by Gasteiger charge is -2.03. The molecule has 4 nitrogen and oxygen atoms in total. The van der Waals surface area contributed by atoms with E-state index in [2.05, 4.69) is 0 Å². The molecule has 0 unspecified atom stereocenters. The number of benzene rings is 1. The average Bonchev–Trinajstić information content (AvgIpc) is 2.25. The van der Waals surface area contributed by atoms with Crippen molar-refractivity contribution in [1.29, 1.82) is 0 Å². The first kappa shape index (κ1) is 11.4. The second-order valence-electron chi connectivity index (χ2n) is 3.00. The fraction of sp³-hybridized carbons (Fsp3) is 0.182. The van der Waals surface area contributed by atoms with Crippen molar-refractivity contribution >= 4 is 11.8 Å². The number of nitrogens with two attached hydrogens (primary N) is 1. The number of hydrogen-bond acceptors (Lipinski definition) is 3. The van der Waals surface area contributed by atoms with Gasteiger partial charge in [0.05, 0.1) is 5.56 Å². The minimum atomic E-state index is -1.10. The molecule has 1 aromatic rings. The Morgan fingerprint density at radius 3 is 2.40 bits per heavy atom. The topological polar surface area (TPSA) is 80.4 Å². The van der Waals surface area contributed by atoms with Gasteiger partial charge in [0.1, 0.15) is 0 Å². The lowest BCUT2D eigenvalue weighted by Crippen LogP contribution is -2.10. The molecule has 0 aliphatic heterocycles. The maximum absolute atomic E-state index is 11.6. The highest BCUT2D eigenvalue weighted by atomic mass is 16.4. The molecule has 0 spiro atoms. The van der Waals surface area contributed by atoms with E-state index in [-0.39, 0.29) is 16.9 Å². The van der Waals surface area contributed by atoms with Gasteiger partial charge in [0.2, 0.25) is 0 Å². The lowest BCUT2D eigenvalue weighted by molar-refractivity contribution is 0.0692. The Morgan fingerprint density at radius 2 is 1.87 bits per heavy atom. The summed E-state index contributed by atoms with van der Waals surface area (Å²) in [4.78, 5) is 22.4. The largest absolute Gasteiger partial charge is 0.478 e. The fourth-order valence-corrected chi connectivity index (χ4v) is 1.21. The first-order chi connectivity index (χ1) is 7.16. The number of carbonyl (C=O) groups excluding carboxylic acids is 1. The van der Waals surface area contributed by atoms with Gasteiger partial charge in [0.25, 0.3) is 0 Å². The number of Topliss-reactive ketones (excluding diaryl/α,β-unsaturated/α-hetero) is 1. The third-order valence-corrected chi connectivity index (χ3v) is 1.92. The van der Waals surface area contributed by atoms with Gasteiger partial charge in [-0.3, -0.25) is 4.79 Å². The monoisotopic (exact) mass is 206 g/mol. The number of carbonyl (C=O) groups is 2. The molecule has 1 aromatic carbocycles. The Morgan fingerprint density at radius 1 is 1.27 bits per heavy atom. The first-order valence-corrected chi connectivity index (χ1v) is 4.56. The summed E-state index contributed by atoms with van der Waals surface area (Å²) in [5.74, 6) is -1.39. The van der Waals surface area contributed by atoms with Crippen molar-refractivity contribution in [3.8, 4) is 0 Å². The Hall–Kier alpha value is -1.68. The molecule has 0 bridgehead atoms. The summed E-state index contributed by atoms with van der Waals surface area (Å²) in [5, 5.41) is 8.85. The molecule has 0 aliphatic carbocycles. The summed E-state index contributed by atoms with van der Waals surface area (Å²) in [6, 6.07) is 6.13. The number of aromatic carboxylic acids is 1. The van der Waals surface area contributed by atoms with Crippen LogP contribution in [0.2, 0.25) is 0 Å². The second-order valence-corrected chi connectivity index (χ2v) is 3.00. The molecule has 0 amide bonds. The number of carboxylic acid groups (broad SMARTS) is 1. The number of hydrogen-bond donors (Lipinski definition) is 2. The summed E-state index contributed by atoms with van der Waals surface area (Å²) in [6.07, 6.45) is 1.86. The first-order valence-electron chi connectivity index (χ1n) is 4.56. The van der Waals surface area contributed by atoms with E-state index < -0.39 is 5.97 Å². The number of carboxylic acids is 1. The molecule has 79 valence electrons. The molecule has 0 atom stereocenters. The van der Waals surface area contributed by atoms with Crippen molar-refractivity contribution < 1.29 is 14.7 Å². The van der Waals surface area contributed by atoms with Crippen LogP contribution in [0, 0.1) is 6.42 Å². The maximum atomic E-state index is 11.6. The summed E-state index contributed by atoms with van der Waals surface area (Å²) in [6.45, 7) is 0.376. The molecular formula is C11H12NO3. The van der Waals surface area contributed by atoms with Crippen LogP contribution in [0.25, 0.3) is 0 Å². The van der Waals surface area contributed by atoms with Gasteiger partial charge in [0, 0.05) is 12.0 Å². The predicted octanol–water partition coefficient (Wildman–Crippen LogP) is 1.12. The van der Waals surface area contributed by atoms with Crippen LogP contribution in [0.5, 0.6) is 0 Å². The van der Waals surface area contributed by atoms with E-state index in [0.717, 1.165) is 0 Å². The Kier molecular flexibility index (Phi) is 4.00. The molecule has 1 rings (SSSR count). The molecule has 0 heterocycles. The van der Waals surface area contributed by atoms with Gasteiger partial charge in [-0.05, 0) is 19.0 Å². The predicted molar refractivity (Wildman–Crippen MR) is 55.7 cm³/mol. The van der Waals surface area contributed by atoms with Gasteiger partial charge in [-0.2, -0.15) is 0 Å². The molecule has 0 fully saturated rings. The average molecular weight is 206 g/mol. The van der Waals surface area contributed by atoms with Crippen molar-refractivity contribution in [2.24, 2.45) is 5.73 Å². The normalized spacial score (nSPS) is 9.93. The van der Waals surface area contributed by atoms with Crippen LogP contribution in [-0.4, -0.2) is 23.4 Å². The Bertz CT molecular complexity index is 374. The number of ketones is 1. The third-order valence-electron chi connectivity index (χ3n) is 1.92. The van der Waals surface area contributed by atoms with E-state index in [1.165, 1.54) is 18.6 Å². The molecule has 3 N–H and O–H groups in total. The van der Waals surface area contributed by atoms with Crippen LogP contribution < -0.4 is 5.73 Å². The third kappa shape index (κ3) is 2.89. The van der Waals surface area contributed by atoms with Gasteiger partial charge < -0.3 is 10.8 Å². The molecular weight excluding hydrogens is 194 g/mol. The van der Waals surface area contributed by atoms with Crippen LogP contribution in [0.3, 0.4) is 0 Å². The van der Waals surface area contributed by atoms with Gasteiger partial charge >= 0.3 is 5.97 Å².